The third-order valence-electron chi connectivity index (χ3n) is 5.32. The topological polar surface area (TPSA) is 75.7 Å². The summed E-state index contributed by atoms with van der Waals surface area (Å²) in [6.07, 6.45) is 1.21. The van der Waals surface area contributed by atoms with Gasteiger partial charge in [-0.25, -0.2) is 0 Å². The fourth-order valence-corrected chi connectivity index (χ4v) is 3.51. The van der Waals surface area contributed by atoms with Crippen molar-refractivity contribution in [3.05, 3.63) is 35.4 Å². The lowest BCUT2D eigenvalue weighted by Gasteiger charge is -2.23. The number of ether oxygens (including phenoxy) is 6. The molecule has 0 heterocycles. The second-order valence-electron chi connectivity index (χ2n) is 7.04. The number of amides is 1. The third kappa shape index (κ3) is 5.90. The minimum atomic E-state index is -0.0103. The van der Waals surface area contributed by atoms with Crippen LogP contribution in [0.15, 0.2) is 24.3 Å². The maximum Gasteiger partial charge on any atom is 0.219 e. The average molecular weight is 448 g/mol. The second-order valence-corrected chi connectivity index (χ2v) is 7.04. The standard InChI is InChI=1S/C24H33NO7/c1-16(26)25(10-8-17-12-21(29-4)23(31-6)14-19(17)27-2)11-9-18-13-22(30-5)24(32-7)15-20(18)28-3/h12-15H,8-11H2,1-7H3. The third-order valence-corrected chi connectivity index (χ3v) is 5.32. The van der Waals surface area contributed by atoms with Gasteiger partial charge in [-0.05, 0) is 36.1 Å². The molecule has 0 aliphatic heterocycles. The highest BCUT2D eigenvalue weighted by molar-refractivity contribution is 5.73. The van der Waals surface area contributed by atoms with Gasteiger partial charge in [-0.2, -0.15) is 0 Å². The fourth-order valence-electron chi connectivity index (χ4n) is 3.51. The highest BCUT2D eigenvalue weighted by Crippen LogP contribution is 2.36. The molecule has 8 nitrogen and oxygen atoms in total. The minimum absolute atomic E-state index is 0.0103. The van der Waals surface area contributed by atoms with Crippen LogP contribution in [0.3, 0.4) is 0 Å². The van der Waals surface area contributed by atoms with E-state index in [9.17, 15) is 4.79 Å². The first-order valence-electron chi connectivity index (χ1n) is 10.3. The Hall–Kier alpha value is -3.29. The van der Waals surface area contributed by atoms with Gasteiger partial charge in [0.1, 0.15) is 11.5 Å². The van der Waals surface area contributed by atoms with Gasteiger partial charge in [-0.1, -0.05) is 0 Å². The minimum Gasteiger partial charge on any atom is -0.496 e. The Kier molecular flexibility index (Phi) is 9.31. The van der Waals surface area contributed by atoms with E-state index in [0.717, 1.165) is 11.1 Å². The molecule has 0 saturated heterocycles. The van der Waals surface area contributed by atoms with Gasteiger partial charge in [0, 0.05) is 32.1 Å². The molecule has 0 radical (unpaired) electrons. The molecule has 0 aromatic heterocycles. The molecule has 0 saturated carbocycles. The molecule has 0 aliphatic rings. The molecule has 0 fully saturated rings. The molecule has 1 amide bonds. The van der Waals surface area contributed by atoms with Crippen molar-refractivity contribution in [2.75, 3.05) is 55.7 Å². The molecule has 2 aromatic carbocycles. The number of carbonyl (C=O) groups excluding carboxylic acids is 1. The molecule has 2 aromatic rings. The van der Waals surface area contributed by atoms with Crippen molar-refractivity contribution in [3.8, 4) is 34.5 Å². The van der Waals surface area contributed by atoms with Gasteiger partial charge in [0.25, 0.3) is 0 Å². The quantitative estimate of drug-likeness (QED) is 0.494. The number of carbonyl (C=O) groups is 1. The van der Waals surface area contributed by atoms with Crippen molar-refractivity contribution in [2.45, 2.75) is 19.8 Å². The molecule has 32 heavy (non-hydrogen) atoms. The monoisotopic (exact) mass is 447 g/mol. The van der Waals surface area contributed by atoms with Gasteiger partial charge in [0.15, 0.2) is 23.0 Å². The summed E-state index contributed by atoms with van der Waals surface area (Å²) in [7, 11) is 9.56. The van der Waals surface area contributed by atoms with Crippen LogP contribution in [0.25, 0.3) is 0 Å². The lowest BCUT2D eigenvalue weighted by Crippen LogP contribution is -2.33. The summed E-state index contributed by atoms with van der Waals surface area (Å²) in [6, 6.07) is 7.35. The summed E-state index contributed by atoms with van der Waals surface area (Å²) in [6.45, 7) is 2.62. The van der Waals surface area contributed by atoms with Crippen LogP contribution in [-0.4, -0.2) is 66.6 Å². The maximum atomic E-state index is 12.3. The molecular formula is C24H33NO7. The van der Waals surface area contributed by atoms with Gasteiger partial charge < -0.3 is 33.3 Å². The predicted molar refractivity (Wildman–Crippen MR) is 122 cm³/mol. The number of hydrogen-bond donors (Lipinski definition) is 0. The van der Waals surface area contributed by atoms with E-state index >= 15 is 0 Å². The molecule has 0 spiro atoms. The SMILES string of the molecule is COc1cc(OC)c(OC)cc1CCN(CCc1cc(OC)c(OC)cc1OC)C(C)=O. The van der Waals surface area contributed by atoms with E-state index in [-0.39, 0.29) is 5.91 Å². The van der Waals surface area contributed by atoms with E-state index in [1.807, 2.05) is 12.1 Å². The van der Waals surface area contributed by atoms with Crippen LogP contribution < -0.4 is 28.4 Å². The zero-order chi connectivity index (χ0) is 23.7. The number of benzene rings is 2. The van der Waals surface area contributed by atoms with Gasteiger partial charge in [-0.3, -0.25) is 4.79 Å². The Bertz CT molecular complexity index is 846. The van der Waals surface area contributed by atoms with Crippen LogP contribution in [0.5, 0.6) is 34.5 Å². The Labute approximate surface area is 189 Å². The molecule has 0 atom stereocenters. The van der Waals surface area contributed by atoms with Crippen molar-refractivity contribution in [1.82, 2.24) is 4.90 Å². The van der Waals surface area contributed by atoms with Crippen molar-refractivity contribution >= 4 is 5.91 Å². The number of nitrogens with zero attached hydrogens (tertiary/aromatic N) is 1. The highest BCUT2D eigenvalue weighted by atomic mass is 16.5. The average Bonchev–Trinajstić information content (AvgIpc) is 2.82. The molecule has 0 aliphatic carbocycles. The van der Waals surface area contributed by atoms with Crippen LogP contribution in [0.4, 0.5) is 0 Å². The summed E-state index contributed by atoms with van der Waals surface area (Å²) in [5.41, 5.74) is 1.86. The van der Waals surface area contributed by atoms with Gasteiger partial charge in [-0.15, -0.1) is 0 Å². The molecule has 0 unspecified atom stereocenters. The first-order chi connectivity index (χ1) is 15.4. The lowest BCUT2D eigenvalue weighted by molar-refractivity contribution is -0.128. The Morgan fingerprint density at radius 3 is 1.19 bits per heavy atom. The van der Waals surface area contributed by atoms with Gasteiger partial charge in [0.05, 0.1) is 42.7 Å². The first-order valence-corrected chi connectivity index (χ1v) is 10.3. The van der Waals surface area contributed by atoms with Crippen LogP contribution in [0, 0.1) is 0 Å². The second kappa shape index (κ2) is 11.9. The Morgan fingerprint density at radius 2 is 0.906 bits per heavy atom. The van der Waals surface area contributed by atoms with Gasteiger partial charge >= 0.3 is 0 Å². The molecule has 2 rings (SSSR count). The largest absolute Gasteiger partial charge is 0.496 e. The molecule has 0 bridgehead atoms. The number of rotatable bonds is 12. The van der Waals surface area contributed by atoms with Crippen molar-refractivity contribution < 1.29 is 33.2 Å². The van der Waals surface area contributed by atoms with E-state index in [4.69, 9.17) is 28.4 Å². The number of methoxy groups -OCH3 is 6. The molecule has 176 valence electrons. The zero-order valence-electron chi connectivity index (χ0n) is 19.9. The molecular weight excluding hydrogens is 414 g/mol. The van der Waals surface area contributed by atoms with Crippen LogP contribution in [0.2, 0.25) is 0 Å². The van der Waals surface area contributed by atoms with E-state index in [2.05, 4.69) is 0 Å². The summed E-state index contributed by atoms with van der Waals surface area (Å²) in [4.78, 5) is 14.1. The predicted octanol–water partition coefficient (Wildman–Crippen LogP) is 3.37. The van der Waals surface area contributed by atoms with E-state index in [1.54, 1.807) is 66.6 Å². The van der Waals surface area contributed by atoms with E-state index in [1.165, 1.54) is 0 Å². The highest BCUT2D eigenvalue weighted by Gasteiger charge is 2.17. The summed E-state index contributed by atoms with van der Waals surface area (Å²) < 4.78 is 32.5. The van der Waals surface area contributed by atoms with Crippen LogP contribution in [0.1, 0.15) is 18.1 Å². The van der Waals surface area contributed by atoms with Gasteiger partial charge in [0.2, 0.25) is 5.91 Å². The van der Waals surface area contributed by atoms with Crippen molar-refractivity contribution in [2.24, 2.45) is 0 Å². The Morgan fingerprint density at radius 1 is 0.594 bits per heavy atom. The van der Waals surface area contributed by atoms with E-state index < -0.39 is 0 Å². The fraction of sp³-hybridized carbons (Fsp3) is 0.458. The van der Waals surface area contributed by atoms with Crippen molar-refractivity contribution in [3.63, 3.8) is 0 Å². The summed E-state index contributed by atoms with van der Waals surface area (Å²) >= 11 is 0. The zero-order valence-corrected chi connectivity index (χ0v) is 19.9. The molecule has 0 N–H and O–H groups in total. The smallest absolute Gasteiger partial charge is 0.219 e. The Balaban J connectivity index is 2.17. The molecule has 8 heteroatoms. The normalized spacial score (nSPS) is 10.3. The van der Waals surface area contributed by atoms with E-state index in [0.29, 0.717) is 60.4 Å². The van der Waals surface area contributed by atoms with Crippen LogP contribution >= 0.6 is 0 Å². The summed E-state index contributed by atoms with van der Waals surface area (Å²) in [5, 5.41) is 0. The maximum absolute atomic E-state index is 12.3. The first kappa shape index (κ1) is 25.0. The van der Waals surface area contributed by atoms with Crippen LogP contribution in [-0.2, 0) is 17.6 Å². The lowest BCUT2D eigenvalue weighted by atomic mass is 10.1. The number of hydrogen-bond acceptors (Lipinski definition) is 7. The van der Waals surface area contributed by atoms with Crippen molar-refractivity contribution in [1.29, 1.82) is 0 Å². The summed E-state index contributed by atoms with van der Waals surface area (Å²) in [5.74, 6) is 3.79.